The Labute approximate surface area is 213 Å². The quantitative estimate of drug-likeness (QED) is 0.210. The van der Waals surface area contributed by atoms with Gasteiger partial charge in [0, 0.05) is 33.4 Å². The molecule has 0 unspecified atom stereocenters. The van der Waals surface area contributed by atoms with Gasteiger partial charge in [0.05, 0.1) is 16.6 Å². The molecule has 3 aromatic carbocycles. The van der Waals surface area contributed by atoms with E-state index in [0.717, 1.165) is 18.2 Å². The Kier molecular flexibility index (Phi) is 6.54. The predicted molar refractivity (Wildman–Crippen MR) is 130 cm³/mol. The first-order valence-electron chi connectivity index (χ1n) is 11.0. The maximum absolute atomic E-state index is 14.6. The van der Waals surface area contributed by atoms with Gasteiger partial charge in [-0.1, -0.05) is 17.7 Å². The van der Waals surface area contributed by atoms with Crippen molar-refractivity contribution in [2.45, 2.75) is 32.5 Å². The van der Waals surface area contributed by atoms with E-state index in [9.17, 15) is 32.3 Å². The molecule has 0 amide bonds. The predicted octanol–water partition coefficient (Wildman–Crippen LogP) is 7.22. The van der Waals surface area contributed by atoms with Crippen molar-refractivity contribution in [1.82, 2.24) is 4.57 Å². The first-order valence-corrected chi connectivity index (χ1v) is 11.3. The molecular formula is C27H20ClF4NO4. The highest BCUT2D eigenvalue weighted by Crippen LogP contribution is 2.37. The molecule has 0 saturated heterocycles. The molecule has 37 heavy (non-hydrogen) atoms. The topological polar surface area (TPSA) is 68.5 Å². The van der Waals surface area contributed by atoms with Crippen molar-refractivity contribution in [2.24, 2.45) is 0 Å². The Morgan fingerprint density at radius 1 is 0.973 bits per heavy atom. The summed E-state index contributed by atoms with van der Waals surface area (Å²) in [6.07, 6.45) is -4.65. The van der Waals surface area contributed by atoms with Gasteiger partial charge in [-0.3, -0.25) is 4.79 Å². The third-order valence-corrected chi connectivity index (χ3v) is 6.17. The number of rotatable bonds is 6. The van der Waals surface area contributed by atoms with E-state index in [-0.39, 0.29) is 27.7 Å². The molecule has 0 bridgehead atoms. The van der Waals surface area contributed by atoms with Gasteiger partial charge in [0.25, 0.3) is 0 Å². The molecule has 0 saturated carbocycles. The Morgan fingerprint density at radius 2 is 1.62 bits per heavy atom. The van der Waals surface area contributed by atoms with Crippen LogP contribution in [0.5, 0.6) is 5.75 Å². The summed E-state index contributed by atoms with van der Waals surface area (Å²) in [6.45, 7) is 4.02. The van der Waals surface area contributed by atoms with Crippen molar-refractivity contribution in [3.63, 3.8) is 0 Å². The van der Waals surface area contributed by atoms with E-state index in [0.29, 0.717) is 10.7 Å². The molecule has 1 N–H and O–H groups in total. The number of ketones is 1. The van der Waals surface area contributed by atoms with Crippen LogP contribution in [0.15, 0.2) is 60.7 Å². The lowest BCUT2D eigenvalue weighted by Crippen LogP contribution is -2.38. The molecule has 10 heteroatoms. The lowest BCUT2D eigenvalue weighted by Gasteiger charge is -2.22. The number of hydrogen-bond acceptors (Lipinski definition) is 3. The largest absolute Gasteiger partial charge is 0.478 e. The molecule has 4 aromatic rings. The third kappa shape index (κ3) is 4.91. The van der Waals surface area contributed by atoms with Gasteiger partial charge in [-0.2, -0.15) is 13.2 Å². The number of carbonyl (C=O) groups is 2. The number of alkyl halides is 3. The van der Waals surface area contributed by atoms with Crippen LogP contribution in [-0.4, -0.2) is 27.0 Å². The standard InChI is InChI=1S/C27H20ClF4NO4/c1-14-23(24(34)15-4-7-17(28)8-5-15)19-10-6-16(27(30,31)32)12-21(19)33(14)18-9-11-20(29)22(13-18)37-26(2,3)25(35)36/h4-13H,1-3H3,(H,35,36). The monoisotopic (exact) mass is 533 g/mol. The summed E-state index contributed by atoms with van der Waals surface area (Å²) in [6, 6.07) is 12.6. The fourth-order valence-electron chi connectivity index (χ4n) is 3.98. The molecule has 0 atom stereocenters. The summed E-state index contributed by atoms with van der Waals surface area (Å²) in [5.74, 6) is -3.06. The maximum atomic E-state index is 14.6. The van der Waals surface area contributed by atoms with Crippen molar-refractivity contribution < 1.29 is 37.0 Å². The van der Waals surface area contributed by atoms with Crippen molar-refractivity contribution in [2.75, 3.05) is 0 Å². The van der Waals surface area contributed by atoms with E-state index in [4.69, 9.17) is 16.3 Å². The van der Waals surface area contributed by atoms with Gasteiger partial charge in [-0.25, -0.2) is 9.18 Å². The number of aromatic nitrogens is 1. The van der Waals surface area contributed by atoms with E-state index >= 15 is 0 Å². The zero-order valence-electron chi connectivity index (χ0n) is 19.8. The molecule has 0 radical (unpaired) electrons. The first kappa shape index (κ1) is 26.2. The lowest BCUT2D eigenvalue weighted by atomic mass is 10.00. The molecule has 0 aliphatic rings. The molecule has 192 valence electrons. The van der Waals surface area contributed by atoms with Crippen molar-refractivity contribution in [1.29, 1.82) is 0 Å². The van der Waals surface area contributed by atoms with Crippen LogP contribution < -0.4 is 4.74 Å². The fraction of sp³-hybridized carbons (Fsp3) is 0.185. The van der Waals surface area contributed by atoms with Gasteiger partial charge < -0.3 is 14.4 Å². The van der Waals surface area contributed by atoms with E-state index in [1.165, 1.54) is 60.9 Å². The van der Waals surface area contributed by atoms with Crippen LogP contribution in [0, 0.1) is 12.7 Å². The molecule has 1 heterocycles. The smallest absolute Gasteiger partial charge is 0.416 e. The Balaban J connectivity index is 1.98. The lowest BCUT2D eigenvalue weighted by molar-refractivity contribution is -0.152. The number of hydrogen-bond donors (Lipinski definition) is 1. The van der Waals surface area contributed by atoms with E-state index in [1.807, 2.05) is 0 Å². The third-order valence-electron chi connectivity index (χ3n) is 5.92. The van der Waals surface area contributed by atoms with E-state index < -0.39 is 40.7 Å². The zero-order chi connectivity index (χ0) is 27.3. The maximum Gasteiger partial charge on any atom is 0.416 e. The second-order valence-corrected chi connectivity index (χ2v) is 9.33. The summed E-state index contributed by atoms with van der Waals surface area (Å²) < 4.78 is 62.1. The van der Waals surface area contributed by atoms with Crippen LogP contribution >= 0.6 is 11.6 Å². The van der Waals surface area contributed by atoms with Crippen LogP contribution in [0.3, 0.4) is 0 Å². The first-order chi connectivity index (χ1) is 17.2. The zero-order valence-corrected chi connectivity index (χ0v) is 20.5. The average molecular weight is 534 g/mol. The highest BCUT2D eigenvalue weighted by atomic mass is 35.5. The molecular weight excluding hydrogens is 514 g/mol. The normalized spacial score (nSPS) is 12.1. The van der Waals surface area contributed by atoms with Gasteiger partial charge in [0.15, 0.2) is 23.0 Å². The summed E-state index contributed by atoms with van der Waals surface area (Å²) in [5.41, 5.74) is -1.76. The molecule has 0 aliphatic carbocycles. The molecule has 0 fully saturated rings. The van der Waals surface area contributed by atoms with Crippen molar-refractivity contribution in [3.8, 4) is 11.4 Å². The number of benzene rings is 3. The minimum atomic E-state index is -4.65. The molecule has 0 spiro atoms. The fourth-order valence-corrected chi connectivity index (χ4v) is 4.11. The minimum absolute atomic E-state index is 0.0553. The summed E-state index contributed by atoms with van der Waals surface area (Å²) >= 11 is 5.92. The molecule has 4 rings (SSSR count). The highest BCUT2D eigenvalue weighted by molar-refractivity contribution is 6.30. The number of fused-ring (bicyclic) bond motifs is 1. The average Bonchev–Trinajstić information content (AvgIpc) is 3.10. The Morgan fingerprint density at radius 3 is 2.22 bits per heavy atom. The summed E-state index contributed by atoms with van der Waals surface area (Å²) in [7, 11) is 0. The van der Waals surface area contributed by atoms with Crippen LogP contribution in [0.2, 0.25) is 5.02 Å². The number of nitrogens with zero attached hydrogens (tertiary/aromatic N) is 1. The van der Waals surface area contributed by atoms with Gasteiger partial charge in [-0.15, -0.1) is 0 Å². The van der Waals surface area contributed by atoms with Gasteiger partial charge in [0.1, 0.15) is 0 Å². The van der Waals surface area contributed by atoms with Crippen molar-refractivity contribution in [3.05, 3.63) is 93.9 Å². The number of ether oxygens (including phenoxy) is 1. The van der Waals surface area contributed by atoms with Crippen LogP contribution in [0.4, 0.5) is 17.6 Å². The summed E-state index contributed by atoms with van der Waals surface area (Å²) in [5, 5.41) is 10.0. The van der Waals surface area contributed by atoms with E-state index in [2.05, 4.69) is 0 Å². The SMILES string of the molecule is Cc1c(C(=O)c2ccc(Cl)cc2)c2ccc(C(F)(F)F)cc2n1-c1ccc(F)c(OC(C)(C)C(=O)O)c1. The van der Waals surface area contributed by atoms with Crippen molar-refractivity contribution >= 4 is 34.3 Å². The second-order valence-electron chi connectivity index (χ2n) is 8.89. The number of carboxylic acid groups (broad SMARTS) is 1. The Bertz CT molecular complexity index is 1540. The van der Waals surface area contributed by atoms with Gasteiger partial charge >= 0.3 is 12.1 Å². The number of aliphatic carboxylic acids is 1. The minimum Gasteiger partial charge on any atom is -0.478 e. The van der Waals surface area contributed by atoms with Crippen LogP contribution in [0.1, 0.15) is 41.0 Å². The van der Waals surface area contributed by atoms with Crippen LogP contribution in [0.25, 0.3) is 16.6 Å². The van der Waals surface area contributed by atoms with Crippen LogP contribution in [-0.2, 0) is 11.0 Å². The highest BCUT2D eigenvalue weighted by Gasteiger charge is 2.33. The summed E-state index contributed by atoms with van der Waals surface area (Å²) in [4.78, 5) is 25.0. The number of carboxylic acids is 1. The van der Waals surface area contributed by atoms with Gasteiger partial charge in [0.2, 0.25) is 0 Å². The number of carbonyl (C=O) groups excluding carboxylic acids is 1. The molecule has 5 nitrogen and oxygen atoms in total. The Hall–Kier alpha value is -3.85. The molecule has 0 aliphatic heterocycles. The van der Waals surface area contributed by atoms with E-state index in [1.54, 1.807) is 6.92 Å². The number of halogens is 5. The molecule has 1 aromatic heterocycles. The van der Waals surface area contributed by atoms with Gasteiger partial charge in [-0.05, 0) is 69.3 Å². The second kappa shape index (κ2) is 9.23.